The molecule has 2 aromatic heterocycles. The second kappa shape index (κ2) is 9.24. The monoisotopic (exact) mass is 540 g/mol. The molecule has 0 aliphatic heterocycles. The van der Waals surface area contributed by atoms with Crippen molar-refractivity contribution in [2.24, 2.45) is 0 Å². The van der Waals surface area contributed by atoms with Gasteiger partial charge in [0.15, 0.2) is 14.8 Å². The maximum atomic E-state index is 13.9. The molecular formula is C26H19F3N4O2S2. The SMILES string of the molecule is Cc1nsc(-c2cn(-c3ccc(-c4cccc(S(C)(=O)=O)c4)cc3)c(-c3ccccc3C(F)(F)F)n2)n1. The molecule has 37 heavy (non-hydrogen) atoms. The minimum absolute atomic E-state index is 0.0626. The Hall–Kier alpha value is -3.83. The summed E-state index contributed by atoms with van der Waals surface area (Å²) in [5.41, 5.74) is 1.58. The predicted octanol–water partition coefficient (Wildman–Crippen LogP) is 6.46. The van der Waals surface area contributed by atoms with Gasteiger partial charge in [-0.05, 0) is 59.9 Å². The zero-order valence-corrected chi connectivity index (χ0v) is 21.2. The number of nitrogens with zero attached hydrogens (tertiary/aromatic N) is 4. The van der Waals surface area contributed by atoms with Crippen LogP contribution in [0.15, 0.2) is 83.9 Å². The maximum absolute atomic E-state index is 13.9. The number of aromatic nitrogens is 4. The molecule has 5 aromatic rings. The van der Waals surface area contributed by atoms with E-state index in [0.717, 1.165) is 29.4 Å². The van der Waals surface area contributed by atoms with Crippen LogP contribution in [-0.4, -0.2) is 33.6 Å². The Bertz CT molecular complexity index is 1710. The van der Waals surface area contributed by atoms with Gasteiger partial charge < -0.3 is 0 Å². The van der Waals surface area contributed by atoms with E-state index in [9.17, 15) is 21.6 Å². The molecule has 5 rings (SSSR count). The molecule has 0 amide bonds. The van der Waals surface area contributed by atoms with Gasteiger partial charge in [-0.25, -0.2) is 18.4 Å². The Morgan fingerprint density at radius 2 is 1.62 bits per heavy atom. The van der Waals surface area contributed by atoms with E-state index in [2.05, 4.69) is 14.3 Å². The predicted molar refractivity (Wildman–Crippen MR) is 136 cm³/mol. The second-order valence-electron chi connectivity index (χ2n) is 8.36. The molecule has 3 aromatic carbocycles. The number of halogens is 3. The first-order valence-corrected chi connectivity index (χ1v) is 13.6. The third-order valence-electron chi connectivity index (χ3n) is 5.67. The van der Waals surface area contributed by atoms with Crippen molar-refractivity contribution in [1.29, 1.82) is 0 Å². The third kappa shape index (κ3) is 5.05. The molecule has 0 atom stereocenters. The first kappa shape index (κ1) is 24.8. The Morgan fingerprint density at radius 1 is 0.892 bits per heavy atom. The van der Waals surface area contributed by atoms with Crippen LogP contribution in [0.1, 0.15) is 11.4 Å². The van der Waals surface area contributed by atoms with E-state index in [4.69, 9.17) is 0 Å². The number of aryl methyl sites for hydroxylation is 1. The number of alkyl halides is 3. The zero-order chi connectivity index (χ0) is 26.4. The van der Waals surface area contributed by atoms with Gasteiger partial charge in [-0.2, -0.15) is 17.5 Å². The highest BCUT2D eigenvalue weighted by Crippen LogP contribution is 2.38. The van der Waals surface area contributed by atoms with E-state index in [0.29, 0.717) is 27.8 Å². The van der Waals surface area contributed by atoms with Gasteiger partial charge in [0.25, 0.3) is 0 Å². The van der Waals surface area contributed by atoms with E-state index in [1.54, 1.807) is 60.2 Å². The second-order valence-corrected chi connectivity index (χ2v) is 11.1. The number of rotatable bonds is 5. The standard InChI is InChI=1S/C26H19F3N4O2S2/c1-16-30-25(36-32-16)23-15-33(24(31-23)21-8-3-4-9-22(21)26(27,28)29)19-12-10-17(11-13-19)18-6-5-7-20(14-18)37(2,34)35/h3-15H,1-2H3. The molecule has 0 fully saturated rings. The van der Waals surface area contributed by atoms with E-state index in [1.165, 1.54) is 24.3 Å². The number of benzene rings is 3. The minimum atomic E-state index is -4.57. The molecule has 0 spiro atoms. The van der Waals surface area contributed by atoms with Crippen LogP contribution >= 0.6 is 11.5 Å². The van der Waals surface area contributed by atoms with Gasteiger partial charge in [0.2, 0.25) is 0 Å². The van der Waals surface area contributed by atoms with E-state index >= 15 is 0 Å². The van der Waals surface area contributed by atoms with Crippen molar-refractivity contribution in [3.8, 4) is 38.9 Å². The fraction of sp³-hybridized carbons (Fsp3) is 0.115. The van der Waals surface area contributed by atoms with Crippen LogP contribution in [0.3, 0.4) is 0 Å². The van der Waals surface area contributed by atoms with Crippen molar-refractivity contribution in [3.63, 3.8) is 0 Å². The van der Waals surface area contributed by atoms with Gasteiger partial charge in [-0.15, -0.1) is 0 Å². The smallest absolute Gasteiger partial charge is 0.299 e. The molecule has 6 nitrogen and oxygen atoms in total. The van der Waals surface area contributed by atoms with Gasteiger partial charge >= 0.3 is 6.18 Å². The first-order chi connectivity index (χ1) is 17.5. The summed E-state index contributed by atoms with van der Waals surface area (Å²) in [6.07, 6.45) is -1.78. The highest BCUT2D eigenvalue weighted by molar-refractivity contribution is 7.90. The quantitative estimate of drug-likeness (QED) is 0.256. The van der Waals surface area contributed by atoms with Crippen LogP contribution in [0.25, 0.3) is 38.9 Å². The van der Waals surface area contributed by atoms with Crippen LogP contribution in [0.4, 0.5) is 13.2 Å². The lowest BCUT2D eigenvalue weighted by Crippen LogP contribution is -2.08. The molecule has 0 radical (unpaired) electrons. The van der Waals surface area contributed by atoms with Crippen LogP contribution in [0.2, 0.25) is 0 Å². The molecule has 0 unspecified atom stereocenters. The summed E-state index contributed by atoms with van der Waals surface area (Å²) in [4.78, 5) is 9.07. The lowest BCUT2D eigenvalue weighted by molar-refractivity contribution is -0.137. The largest absolute Gasteiger partial charge is 0.417 e. The average molecular weight is 541 g/mol. The molecule has 0 aliphatic rings. The van der Waals surface area contributed by atoms with Crippen molar-refractivity contribution < 1.29 is 21.6 Å². The number of imidazole rings is 1. The highest BCUT2D eigenvalue weighted by atomic mass is 32.2. The zero-order valence-electron chi connectivity index (χ0n) is 19.6. The first-order valence-electron chi connectivity index (χ1n) is 11.0. The van der Waals surface area contributed by atoms with E-state index in [-0.39, 0.29) is 16.3 Å². The summed E-state index contributed by atoms with van der Waals surface area (Å²) in [6.45, 7) is 1.73. The molecule has 11 heteroatoms. The average Bonchev–Trinajstić information content (AvgIpc) is 3.50. The Balaban J connectivity index is 1.63. The summed E-state index contributed by atoms with van der Waals surface area (Å²) in [5.74, 6) is 0.662. The number of hydrogen-bond donors (Lipinski definition) is 0. The summed E-state index contributed by atoms with van der Waals surface area (Å²) >= 11 is 1.12. The van der Waals surface area contributed by atoms with E-state index in [1.807, 2.05) is 0 Å². The van der Waals surface area contributed by atoms with Crippen molar-refractivity contribution in [1.82, 2.24) is 18.9 Å². The molecule has 188 valence electrons. The summed E-state index contributed by atoms with van der Waals surface area (Å²) in [5, 5.41) is 0.496. The summed E-state index contributed by atoms with van der Waals surface area (Å²) < 4.78 is 71.2. The molecule has 0 N–H and O–H groups in total. The van der Waals surface area contributed by atoms with Crippen molar-refractivity contribution in [2.75, 3.05) is 6.26 Å². The van der Waals surface area contributed by atoms with Gasteiger partial charge in [-0.1, -0.05) is 42.5 Å². The number of hydrogen-bond acceptors (Lipinski definition) is 6. The molecular weight excluding hydrogens is 521 g/mol. The molecule has 2 heterocycles. The normalized spacial score (nSPS) is 12.1. The molecule has 0 saturated carbocycles. The Morgan fingerprint density at radius 3 is 2.27 bits per heavy atom. The van der Waals surface area contributed by atoms with Crippen LogP contribution < -0.4 is 0 Å². The third-order valence-corrected chi connectivity index (χ3v) is 7.61. The van der Waals surface area contributed by atoms with Crippen molar-refractivity contribution >= 4 is 21.4 Å². The fourth-order valence-electron chi connectivity index (χ4n) is 3.92. The van der Waals surface area contributed by atoms with Gasteiger partial charge in [0.05, 0.1) is 10.5 Å². The lowest BCUT2D eigenvalue weighted by Gasteiger charge is -2.14. The maximum Gasteiger partial charge on any atom is 0.417 e. The van der Waals surface area contributed by atoms with Crippen LogP contribution in [0, 0.1) is 6.92 Å². The van der Waals surface area contributed by atoms with Gasteiger partial charge in [0.1, 0.15) is 17.3 Å². The van der Waals surface area contributed by atoms with Crippen molar-refractivity contribution in [2.45, 2.75) is 18.0 Å². The number of sulfone groups is 1. The summed E-state index contributed by atoms with van der Waals surface area (Å²) in [6, 6.07) is 18.9. The fourth-order valence-corrected chi connectivity index (χ4v) is 5.21. The molecule has 0 aliphatic carbocycles. The molecule has 0 saturated heterocycles. The van der Waals surface area contributed by atoms with Gasteiger partial charge in [0, 0.05) is 23.7 Å². The van der Waals surface area contributed by atoms with Crippen LogP contribution in [0.5, 0.6) is 0 Å². The Kier molecular flexibility index (Phi) is 6.20. The molecule has 0 bridgehead atoms. The Labute approximate surface area is 215 Å². The van der Waals surface area contributed by atoms with E-state index < -0.39 is 21.6 Å². The van der Waals surface area contributed by atoms with Crippen LogP contribution in [-0.2, 0) is 16.0 Å². The topological polar surface area (TPSA) is 77.7 Å². The van der Waals surface area contributed by atoms with Crippen molar-refractivity contribution in [3.05, 3.63) is 90.4 Å². The lowest BCUT2D eigenvalue weighted by atomic mass is 10.0. The van der Waals surface area contributed by atoms with Gasteiger partial charge in [-0.3, -0.25) is 4.57 Å². The highest BCUT2D eigenvalue weighted by Gasteiger charge is 2.34. The minimum Gasteiger partial charge on any atom is -0.299 e. The summed E-state index contributed by atoms with van der Waals surface area (Å²) in [7, 11) is -3.37.